The smallest absolute Gasteiger partial charge is 0.124 e. The van der Waals surface area contributed by atoms with Crippen LogP contribution in [-0.2, 0) is 6.61 Å². The third-order valence-electron chi connectivity index (χ3n) is 5.09. The minimum atomic E-state index is 0. The maximum absolute atomic E-state index is 6.23. The molecule has 1 atom stereocenters. The molecule has 3 nitrogen and oxygen atoms in total. The van der Waals surface area contributed by atoms with Gasteiger partial charge in [0.05, 0.1) is 0 Å². The summed E-state index contributed by atoms with van der Waals surface area (Å²) in [5.41, 5.74) is 2.59. The second-order valence-electron chi connectivity index (χ2n) is 6.88. The molecule has 2 fully saturated rings. The van der Waals surface area contributed by atoms with Gasteiger partial charge in [-0.1, -0.05) is 48.5 Å². The van der Waals surface area contributed by atoms with E-state index in [0.29, 0.717) is 12.6 Å². The predicted octanol–water partition coefficient (Wildman–Crippen LogP) is 4.47. The number of halogens is 2. The van der Waals surface area contributed by atoms with E-state index < -0.39 is 0 Å². The van der Waals surface area contributed by atoms with Crippen molar-refractivity contribution in [1.82, 2.24) is 10.2 Å². The van der Waals surface area contributed by atoms with Crippen molar-refractivity contribution < 1.29 is 4.74 Å². The largest absolute Gasteiger partial charge is 0.489 e. The fourth-order valence-corrected chi connectivity index (χ4v) is 3.71. The van der Waals surface area contributed by atoms with E-state index in [9.17, 15) is 0 Å². The molecule has 1 aliphatic carbocycles. The number of hydrogen-bond donors (Lipinski definition) is 1. The molecule has 5 heteroatoms. The average Bonchev–Trinajstić information content (AvgIpc) is 3.48. The zero-order chi connectivity index (χ0) is 16.2. The number of ether oxygens (including phenoxy) is 1. The molecule has 1 heterocycles. The van der Waals surface area contributed by atoms with Crippen molar-refractivity contribution in [2.24, 2.45) is 5.92 Å². The molecule has 4 rings (SSSR count). The molecule has 1 saturated heterocycles. The predicted molar refractivity (Wildman–Crippen MR) is 112 cm³/mol. The van der Waals surface area contributed by atoms with E-state index in [0.717, 1.165) is 37.8 Å². The van der Waals surface area contributed by atoms with Crippen LogP contribution in [0.15, 0.2) is 54.6 Å². The Bertz CT molecular complexity index is 658. The lowest BCUT2D eigenvalue weighted by Crippen LogP contribution is -2.45. The molecule has 0 unspecified atom stereocenters. The van der Waals surface area contributed by atoms with Gasteiger partial charge in [0.25, 0.3) is 0 Å². The monoisotopic (exact) mass is 394 g/mol. The van der Waals surface area contributed by atoms with Gasteiger partial charge in [-0.3, -0.25) is 4.90 Å². The lowest BCUT2D eigenvalue weighted by atomic mass is 9.98. The maximum atomic E-state index is 6.23. The van der Waals surface area contributed by atoms with E-state index in [2.05, 4.69) is 58.7 Å². The van der Waals surface area contributed by atoms with Gasteiger partial charge in [0.2, 0.25) is 0 Å². The Morgan fingerprint density at radius 1 is 0.923 bits per heavy atom. The third kappa shape index (κ3) is 5.14. The Hall–Kier alpha value is -1.26. The maximum Gasteiger partial charge on any atom is 0.124 e. The van der Waals surface area contributed by atoms with E-state index in [1.807, 2.05) is 6.07 Å². The third-order valence-corrected chi connectivity index (χ3v) is 5.09. The topological polar surface area (TPSA) is 24.5 Å². The fraction of sp³-hybridized carbons (Fsp3) is 0.429. The molecular formula is C21H28Cl2N2O. The number of benzene rings is 2. The van der Waals surface area contributed by atoms with E-state index in [1.54, 1.807) is 0 Å². The first kappa shape index (κ1) is 21.0. The summed E-state index contributed by atoms with van der Waals surface area (Å²) in [6.45, 7) is 5.09. The number of rotatable bonds is 6. The van der Waals surface area contributed by atoms with Crippen LogP contribution in [0, 0.1) is 5.92 Å². The van der Waals surface area contributed by atoms with Gasteiger partial charge in [0.1, 0.15) is 12.4 Å². The van der Waals surface area contributed by atoms with Gasteiger partial charge in [0, 0.05) is 37.8 Å². The highest BCUT2D eigenvalue weighted by Gasteiger charge is 2.38. The van der Waals surface area contributed by atoms with Gasteiger partial charge in [-0.05, 0) is 30.4 Å². The molecule has 1 saturated carbocycles. The Morgan fingerprint density at radius 2 is 1.58 bits per heavy atom. The lowest BCUT2D eigenvalue weighted by Gasteiger charge is -2.36. The van der Waals surface area contributed by atoms with Crippen molar-refractivity contribution in [2.75, 3.05) is 26.2 Å². The van der Waals surface area contributed by atoms with Crippen LogP contribution in [0.1, 0.15) is 30.0 Å². The summed E-state index contributed by atoms with van der Waals surface area (Å²) in [5.74, 6) is 1.85. The van der Waals surface area contributed by atoms with Crippen molar-refractivity contribution in [3.05, 3.63) is 65.7 Å². The van der Waals surface area contributed by atoms with E-state index in [-0.39, 0.29) is 24.8 Å². The molecule has 0 spiro atoms. The van der Waals surface area contributed by atoms with Gasteiger partial charge >= 0.3 is 0 Å². The van der Waals surface area contributed by atoms with Crippen LogP contribution in [0.3, 0.4) is 0 Å². The summed E-state index contributed by atoms with van der Waals surface area (Å²) in [4.78, 5) is 2.65. The van der Waals surface area contributed by atoms with E-state index in [4.69, 9.17) is 4.74 Å². The van der Waals surface area contributed by atoms with Crippen LogP contribution in [0.5, 0.6) is 5.75 Å². The number of nitrogens with one attached hydrogen (secondary N) is 1. The van der Waals surface area contributed by atoms with Crippen LogP contribution in [-0.4, -0.2) is 31.1 Å². The fourth-order valence-electron chi connectivity index (χ4n) is 3.71. The van der Waals surface area contributed by atoms with E-state index >= 15 is 0 Å². The highest BCUT2D eigenvalue weighted by Crippen LogP contribution is 2.47. The highest BCUT2D eigenvalue weighted by molar-refractivity contribution is 5.85. The standard InChI is InChI=1S/C21H26N2O.2ClH/c1-2-6-17(7-3-1)16-24-20-9-5-4-8-19(20)21(18-10-11-18)23-14-12-22-13-15-23;;/h1-9,18,21-22H,10-16H2;2*1H/t21-;;/m0../s1. The molecule has 0 radical (unpaired) electrons. The van der Waals surface area contributed by atoms with Crippen LogP contribution < -0.4 is 10.1 Å². The van der Waals surface area contributed by atoms with Gasteiger partial charge in [-0.15, -0.1) is 24.8 Å². The molecule has 0 bridgehead atoms. The molecule has 2 aromatic rings. The SMILES string of the molecule is Cl.Cl.c1ccc(COc2ccccc2[C@H](C2CC2)N2CCNCC2)cc1. The quantitative estimate of drug-likeness (QED) is 0.781. The molecule has 0 aromatic heterocycles. The zero-order valence-corrected chi connectivity index (χ0v) is 16.6. The minimum Gasteiger partial charge on any atom is -0.489 e. The van der Waals surface area contributed by atoms with Crippen LogP contribution >= 0.6 is 24.8 Å². The summed E-state index contributed by atoms with van der Waals surface area (Å²) < 4.78 is 6.23. The Morgan fingerprint density at radius 3 is 2.27 bits per heavy atom. The normalized spacial score (nSPS) is 18.3. The lowest BCUT2D eigenvalue weighted by molar-refractivity contribution is 0.151. The Labute approximate surface area is 168 Å². The summed E-state index contributed by atoms with van der Waals surface area (Å²) in [6, 6.07) is 19.6. The Kier molecular flexibility index (Phi) is 8.23. The van der Waals surface area contributed by atoms with Crippen LogP contribution in [0.25, 0.3) is 0 Å². The number of nitrogens with zero attached hydrogens (tertiary/aromatic N) is 1. The number of para-hydroxylation sites is 1. The first-order chi connectivity index (χ1) is 11.9. The molecule has 1 aliphatic heterocycles. The van der Waals surface area contributed by atoms with Crippen molar-refractivity contribution in [3.63, 3.8) is 0 Å². The van der Waals surface area contributed by atoms with Gasteiger partial charge < -0.3 is 10.1 Å². The second-order valence-corrected chi connectivity index (χ2v) is 6.88. The van der Waals surface area contributed by atoms with Crippen molar-refractivity contribution in [2.45, 2.75) is 25.5 Å². The second kappa shape index (κ2) is 10.2. The summed E-state index contributed by atoms with van der Waals surface area (Å²) >= 11 is 0. The molecule has 142 valence electrons. The minimum absolute atomic E-state index is 0. The molecular weight excluding hydrogens is 367 g/mol. The number of hydrogen-bond acceptors (Lipinski definition) is 3. The highest BCUT2D eigenvalue weighted by atomic mass is 35.5. The van der Waals surface area contributed by atoms with Gasteiger partial charge in [-0.25, -0.2) is 0 Å². The molecule has 26 heavy (non-hydrogen) atoms. The average molecular weight is 395 g/mol. The van der Waals surface area contributed by atoms with Crippen molar-refractivity contribution in [1.29, 1.82) is 0 Å². The first-order valence-corrected chi connectivity index (χ1v) is 9.12. The molecule has 2 aromatic carbocycles. The van der Waals surface area contributed by atoms with Crippen molar-refractivity contribution >= 4 is 24.8 Å². The van der Waals surface area contributed by atoms with Gasteiger partial charge in [0.15, 0.2) is 0 Å². The Balaban J connectivity index is 0.00000121. The molecule has 0 amide bonds. The first-order valence-electron chi connectivity index (χ1n) is 9.12. The molecule has 1 N–H and O–H groups in total. The summed E-state index contributed by atoms with van der Waals surface area (Å²) in [7, 11) is 0. The number of piperazine rings is 1. The van der Waals surface area contributed by atoms with Gasteiger partial charge in [-0.2, -0.15) is 0 Å². The van der Waals surface area contributed by atoms with Crippen LogP contribution in [0.2, 0.25) is 0 Å². The van der Waals surface area contributed by atoms with Crippen LogP contribution in [0.4, 0.5) is 0 Å². The summed E-state index contributed by atoms with van der Waals surface area (Å²) in [5, 5.41) is 3.47. The molecule has 2 aliphatic rings. The summed E-state index contributed by atoms with van der Waals surface area (Å²) in [6.07, 6.45) is 2.70. The van der Waals surface area contributed by atoms with E-state index in [1.165, 1.54) is 24.0 Å². The zero-order valence-electron chi connectivity index (χ0n) is 15.0. The van der Waals surface area contributed by atoms with Crippen molar-refractivity contribution in [3.8, 4) is 5.75 Å².